The van der Waals surface area contributed by atoms with Crippen molar-refractivity contribution in [3.05, 3.63) is 30.1 Å². The van der Waals surface area contributed by atoms with Crippen molar-refractivity contribution in [2.75, 3.05) is 18.8 Å². The monoisotopic (exact) mass is 311 g/mol. The highest BCUT2D eigenvalue weighted by molar-refractivity contribution is 7.99. The van der Waals surface area contributed by atoms with E-state index < -0.39 is 11.4 Å². The first kappa shape index (κ1) is 15.8. The van der Waals surface area contributed by atoms with Crippen LogP contribution >= 0.6 is 11.8 Å². The molecule has 2 rings (SSSR count). The summed E-state index contributed by atoms with van der Waals surface area (Å²) >= 11 is 1.30. The van der Waals surface area contributed by atoms with E-state index >= 15 is 0 Å². The summed E-state index contributed by atoms with van der Waals surface area (Å²) in [6.45, 7) is 2.40. The van der Waals surface area contributed by atoms with Crippen molar-refractivity contribution >= 4 is 23.6 Å². The Hall–Kier alpha value is -1.56. The van der Waals surface area contributed by atoms with E-state index in [0.29, 0.717) is 23.6 Å². The van der Waals surface area contributed by atoms with Crippen LogP contribution in [0.15, 0.2) is 29.2 Å². The first-order valence-electron chi connectivity index (χ1n) is 6.81. The van der Waals surface area contributed by atoms with E-state index in [1.165, 1.54) is 17.8 Å². The molecule has 1 aromatic carbocycles. The zero-order chi connectivity index (χ0) is 15.5. The van der Waals surface area contributed by atoms with Crippen LogP contribution in [0.1, 0.15) is 19.8 Å². The number of nitrogens with zero attached hydrogens (tertiary/aromatic N) is 1. The maximum absolute atomic E-state index is 13.4. The highest BCUT2D eigenvalue weighted by Crippen LogP contribution is 2.31. The molecule has 0 aromatic heterocycles. The molecule has 1 N–H and O–H groups in total. The van der Waals surface area contributed by atoms with Gasteiger partial charge in [-0.05, 0) is 25.5 Å². The highest BCUT2D eigenvalue weighted by Gasteiger charge is 2.41. The molecule has 114 valence electrons. The molecule has 1 aromatic rings. The van der Waals surface area contributed by atoms with Crippen LogP contribution in [0.5, 0.6) is 0 Å². The molecular weight excluding hydrogens is 293 g/mol. The molecule has 0 aliphatic carbocycles. The summed E-state index contributed by atoms with van der Waals surface area (Å²) in [7, 11) is 0. The minimum Gasteiger partial charge on any atom is -0.481 e. The number of rotatable bonds is 5. The van der Waals surface area contributed by atoms with Crippen molar-refractivity contribution in [1.29, 1.82) is 0 Å². The van der Waals surface area contributed by atoms with Gasteiger partial charge in [0.1, 0.15) is 5.82 Å². The Balaban J connectivity index is 1.81. The van der Waals surface area contributed by atoms with Crippen LogP contribution < -0.4 is 0 Å². The average molecular weight is 311 g/mol. The van der Waals surface area contributed by atoms with Gasteiger partial charge in [0.05, 0.1) is 5.41 Å². The van der Waals surface area contributed by atoms with E-state index in [9.17, 15) is 14.0 Å². The standard InChI is InChI=1S/C15H18FNO3S/c1-15(14(19)20)7-8-17(10-15)13(18)6-9-21-12-5-3-2-4-11(12)16/h2-5H,6-10H2,1H3,(H,19,20). The molecular formula is C15H18FNO3S. The van der Waals surface area contributed by atoms with Gasteiger partial charge in [-0.3, -0.25) is 9.59 Å². The lowest BCUT2D eigenvalue weighted by molar-refractivity contribution is -0.147. The Morgan fingerprint density at radius 3 is 2.76 bits per heavy atom. The predicted molar refractivity (Wildman–Crippen MR) is 78.7 cm³/mol. The second kappa shape index (κ2) is 6.47. The lowest BCUT2D eigenvalue weighted by Gasteiger charge is -2.20. The van der Waals surface area contributed by atoms with Gasteiger partial charge in [0.25, 0.3) is 0 Å². The summed E-state index contributed by atoms with van der Waals surface area (Å²) in [5.41, 5.74) is -0.839. The van der Waals surface area contributed by atoms with Gasteiger partial charge in [-0.1, -0.05) is 12.1 Å². The number of likely N-dealkylation sites (tertiary alicyclic amines) is 1. The van der Waals surface area contributed by atoms with E-state index in [4.69, 9.17) is 5.11 Å². The Kier molecular flexibility index (Phi) is 4.88. The second-order valence-electron chi connectivity index (χ2n) is 5.46. The quantitative estimate of drug-likeness (QED) is 0.849. The van der Waals surface area contributed by atoms with Crippen LogP contribution in [-0.4, -0.2) is 40.7 Å². The molecule has 0 bridgehead atoms. The molecule has 0 radical (unpaired) electrons. The van der Waals surface area contributed by atoms with Crippen LogP contribution in [0, 0.1) is 11.2 Å². The van der Waals surface area contributed by atoms with Crippen molar-refractivity contribution in [2.24, 2.45) is 5.41 Å². The van der Waals surface area contributed by atoms with E-state index in [-0.39, 0.29) is 24.7 Å². The van der Waals surface area contributed by atoms with Crippen molar-refractivity contribution < 1.29 is 19.1 Å². The summed E-state index contributed by atoms with van der Waals surface area (Å²) in [5, 5.41) is 9.14. The molecule has 1 fully saturated rings. The Morgan fingerprint density at radius 2 is 2.14 bits per heavy atom. The van der Waals surface area contributed by atoms with Gasteiger partial charge in [0.2, 0.25) is 5.91 Å². The lowest BCUT2D eigenvalue weighted by Crippen LogP contribution is -2.34. The summed E-state index contributed by atoms with van der Waals surface area (Å²) < 4.78 is 13.4. The SMILES string of the molecule is CC1(C(=O)O)CCN(C(=O)CCSc2ccccc2F)C1. The fourth-order valence-corrected chi connectivity index (χ4v) is 3.19. The van der Waals surface area contributed by atoms with Crippen molar-refractivity contribution in [2.45, 2.75) is 24.7 Å². The number of halogens is 1. The van der Waals surface area contributed by atoms with Crippen molar-refractivity contribution in [1.82, 2.24) is 4.90 Å². The zero-order valence-electron chi connectivity index (χ0n) is 11.8. The number of carboxylic acid groups (broad SMARTS) is 1. The first-order chi connectivity index (χ1) is 9.92. The number of thioether (sulfide) groups is 1. The Labute approximate surface area is 127 Å². The van der Waals surface area contributed by atoms with Crippen molar-refractivity contribution in [3.63, 3.8) is 0 Å². The molecule has 6 heteroatoms. The van der Waals surface area contributed by atoms with Gasteiger partial charge >= 0.3 is 5.97 Å². The molecule has 1 saturated heterocycles. The fourth-order valence-electron chi connectivity index (χ4n) is 2.32. The number of carbonyl (C=O) groups excluding carboxylic acids is 1. The molecule has 0 spiro atoms. The molecule has 1 heterocycles. The van der Waals surface area contributed by atoms with E-state index in [1.807, 2.05) is 0 Å². The van der Waals surface area contributed by atoms with E-state index in [0.717, 1.165) is 0 Å². The third-order valence-electron chi connectivity index (χ3n) is 3.75. The number of benzene rings is 1. The Morgan fingerprint density at radius 1 is 1.43 bits per heavy atom. The van der Waals surface area contributed by atoms with Gasteiger partial charge in [0.15, 0.2) is 0 Å². The average Bonchev–Trinajstić information content (AvgIpc) is 2.85. The molecule has 1 atom stereocenters. The number of aliphatic carboxylic acids is 1. The first-order valence-corrected chi connectivity index (χ1v) is 7.79. The second-order valence-corrected chi connectivity index (χ2v) is 6.60. The fraction of sp³-hybridized carbons (Fsp3) is 0.467. The van der Waals surface area contributed by atoms with Crippen LogP contribution in [0.3, 0.4) is 0 Å². The minimum absolute atomic E-state index is 0.0659. The number of hydrogen-bond acceptors (Lipinski definition) is 3. The third kappa shape index (κ3) is 3.75. The zero-order valence-corrected chi connectivity index (χ0v) is 12.7. The largest absolute Gasteiger partial charge is 0.481 e. The van der Waals surface area contributed by atoms with E-state index in [1.54, 1.807) is 30.0 Å². The molecule has 1 aliphatic rings. The van der Waals surface area contributed by atoms with Gasteiger partial charge in [-0.2, -0.15) is 0 Å². The van der Waals surface area contributed by atoms with Crippen LogP contribution in [0.2, 0.25) is 0 Å². The minimum atomic E-state index is -0.862. The third-order valence-corrected chi connectivity index (χ3v) is 4.80. The van der Waals surface area contributed by atoms with Gasteiger partial charge < -0.3 is 10.0 Å². The molecule has 1 unspecified atom stereocenters. The lowest BCUT2D eigenvalue weighted by atomic mass is 9.90. The molecule has 21 heavy (non-hydrogen) atoms. The van der Waals surface area contributed by atoms with Gasteiger partial charge in [0, 0.05) is 30.2 Å². The number of carbonyl (C=O) groups is 2. The van der Waals surface area contributed by atoms with Crippen LogP contribution in [-0.2, 0) is 9.59 Å². The predicted octanol–water partition coefficient (Wildman–Crippen LogP) is 2.63. The normalized spacial score (nSPS) is 21.5. The summed E-state index contributed by atoms with van der Waals surface area (Å²) in [6, 6.07) is 6.46. The van der Waals surface area contributed by atoms with Gasteiger partial charge in [-0.15, -0.1) is 11.8 Å². The number of amides is 1. The molecule has 1 amide bonds. The summed E-state index contributed by atoms with van der Waals surface area (Å²) in [5.74, 6) is -0.725. The van der Waals surface area contributed by atoms with Crippen LogP contribution in [0.4, 0.5) is 4.39 Å². The van der Waals surface area contributed by atoms with Crippen molar-refractivity contribution in [3.8, 4) is 0 Å². The smallest absolute Gasteiger partial charge is 0.311 e. The Bertz CT molecular complexity index is 551. The molecule has 1 aliphatic heterocycles. The highest BCUT2D eigenvalue weighted by atomic mass is 32.2. The maximum Gasteiger partial charge on any atom is 0.311 e. The maximum atomic E-state index is 13.4. The van der Waals surface area contributed by atoms with Crippen LogP contribution in [0.25, 0.3) is 0 Å². The topological polar surface area (TPSA) is 57.6 Å². The molecule has 4 nitrogen and oxygen atoms in total. The van der Waals surface area contributed by atoms with E-state index in [2.05, 4.69) is 0 Å². The summed E-state index contributed by atoms with van der Waals surface area (Å²) in [6.07, 6.45) is 0.767. The summed E-state index contributed by atoms with van der Waals surface area (Å²) in [4.78, 5) is 25.3. The van der Waals surface area contributed by atoms with Gasteiger partial charge in [-0.25, -0.2) is 4.39 Å². The molecule has 0 saturated carbocycles. The number of hydrogen-bond donors (Lipinski definition) is 1. The number of carboxylic acids is 1.